The third kappa shape index (κ3) is 2.27. The van der Waals surface area contributed by atoms with Gasteiger partial charge in [-0.15, -0.1) is 0 Å². The van der Waals surface area contributed by atoms with Crippen molar-refractivity contribution in [1.29, 1.82) is 0 Å². The molecular formula is C18H15NO2. The summed E-state index contributed by atoms with van der Waals surface area (Å²) in [6.07, 6.45) is 11.0. The second-order valence-corrected chi connectivity index (χ2v) is 5.06. The summed E-state index contributed by atoms with van der Waals surface area (Å²) in [7, 11) is 0. The molecule has 0 unspecified atom stereocenters. The van der Waals surface area contributed by atoms with Crippen molar-refractivity contribution in [2.75, 3.05) is 5.32 Å². The summed E-state index contributed by atoms with van der Waals surface area (Å²) in [6, 6.07) is 10.0. The Kier molecular flexibility index (Phi) is 2.89. The van der Waals surface area contributed by atoms with Crippen molar-refractivity contribution in [3.05, 3.63) is 65.1 Å². The van der Waals surface area contributed by atoms with Crippen LogP contribution in [0.25, 0.3) is 23.1 Å². The fourth-order valence-electron chi connectivity index (χ4n) is 2.59. The van der Waals surface area contributed by atoms with Gasteiger partial charge in [-0.05, 0) is 42.8 Å². The van der Waals surface area contributed by atoms with Crippen LogP contribution < -0.4 is 16.0 Å². The molecule has 2 heterocycles. The van der Waals surface area contributed by atoms with E-state index in [1.807, 2.05) is 24.3 Å². The predicted molar refractivity (Wildman–Crippen MR) is 84.2 cm³/mol. The molecule has 0 bridgehead atoms. The fraction of sp³-hybridized carbons (Fsp3) is 0.111. The molecule has 3 nitrogen and oxygen atoms in total. The Balaban J connectivity index is 1.74. The number of benzene rings is 1. The van der Waals surface area contributed by atoms with Crippen molar-refractivity contribution < 1.29 is 8.83 Å². The Morgan fingerprint density at radius 2 is 2.19 bits per heavy atom. The normalized spacial score (nSPS) is 13.3. The van der Waals surface area contributed by atoms with Gasteiger partial charge in [-0.25, -0.2) is 0 Å². The number of anilines is 1. The minimum absolute atomic E-state index is 0.675. The average molecular weight is 277 g/mol. The van der Waals surface area contributed by atoms with Crippen LogP contribution in [0.4, 0.5) is 5.69 Å². The molecule has 1 N–H and O–H groups in total. The van der Waals surface area contributed by atoms with Gasteiger partial charge >= 0.3 is 0 Å². The maximum atomic E-state index is 5.90. The predicted octanol–water partition coefficient (Wildman–Crippen LogP) is 3.16. The van der Waals surface area contributed by atoms with E-state index in [0.717, 1.165) is 39.5 Å². The molecule has 0 atom stereocenters. The molecule has 1 aliphatic rings. The van der Waals surface area contributed by atoms with Gasteiger partial charge < -0.3 is 14.2 Å². The second-order valence-electron chi connectivity index (χ2n) is 5.06. The molecule has 0 fully saturated rings. The van der Waals surface area contributed by atoms with Gasteiger partial charge in [-0.2, -0.15) is 0 Å². The van der Waals surface area contributed by atoms with Crippen LogP contribution in [-0.4, -0.2) is 0 Å². The molecule has 0 aliphatic heterocycles. The van der Waals surface area contributed by atoms with Gasteiger partial charge in [-0.1, -0.05) is 18.2 Å². The summed E-state index contributed by atoms with van der Waals surface area (Å²) < 4.78 is 11.2. The molecule has 3 heteroatoms. The van der Waals surface area contributed by atoms with Crippen LogP contribution in [0.1, 0.15) is 12.2 Å². The second kappa shape index (κ2) is 5.02. The monoisotopic (exact) mass is 277 g/mol. The lowest BCUT2D eigenvalue weighted by Crippen LogP contribution is -2.18. The quantitative estimate of drug-likeness (QED) is 0.799. The lowest BCUT2D eigenvalue weighted by molar-refractivity contribution is 0.518. The van der Waals surface area contributed by atoms with E-state index in [9.17, 15) is 0 Å². The summed E-state index contributed by atoms with van der Waals surface area (Å²) >= 11 is 0. The fourth-order valence-corrected chi connectivity index (χ4v) is 2.59. The average Bonchev–Trinajstić information content (AvgIpc) is 3.07. The maximum Gasteiger partial charge on any atom is 0.135 e. The topological polar surface area (TPSA) is 38.3 Å². The van der Waals surface area contributed by atoms with Gasteiger partial charge in [0.15, 0.2) is 0 Å². The van der Waals surface area contributed by atoms with Crippen molar-refractivity contribution in [1.82, 2.24) is 0 Å². The molecule has 1 aliphatic carbocycles. The number of rotatable bonds is 3. The van der Waals surface area contributed by atoms with E-state index in [2.05, 4.69) is 35.7 Å². The molecule has 0 saturated heterocycles. The highest BCUT2D eigenvalue weighted by atomic mass is 16.3. The SMILES string of the molecule is C1=CCC=c2oc3ccc(NCc4ccco4)cc3c2=C1. The zero-order chi connectivity index (χ0) is 14.1. The molecule has 0 radical (unpaired) electrons. The molecule has 2 aromatic heterocycles. The third-order valence-electron chi connectivity index (χ3n) is 3.64. The molecule has 4 rings (SSSR count). The molecule has 3 aromatic rings. The van der Waals surface area contributed by atoms with Crippen LogP contribution in [-0.2, 0) is 6.54 Å². The standard InChI is InChI=1S/C18H15NO2/c1-2-6-15-16-11-13(19-12-14-5-4-10-20-14)8-9-18(16)21-17(15)7-3-1/h1-2,4-11,19H,3,12H2. The van der Waals surface area contributed by atoms with E-state index in [0.29, 0.717) is 6.54 Å². The number of hydrogen-bond donors (Lipinski definition) is 1. The maximum absolute atomic E-state index is 5.90. The van der Waals surface area contributed by atoms with Crippen LogP contribution >= 0.6 is 0 Å². The molecule has 104 valence electrons. The van der Waals surface area contributed by atoms with Gasteiger partial charge in [0.05, 0.1) is 12.8 Å². The molecule has 1 aromatic carbocycles. The number of allylic oxidation sites excluding steroid dienone is 2. The van der Waals surface area contributed by atoms with E-state index >= 15 is 0 Å². The molecule has 0 amide bonds. The minimum Gasteiger partial charge on any atom is -0.467 e. The van der Waals surface area contributed by atoms with E-state index in [1.165, 1.54) is 0 Å². The van der Waals surface area contributed by atoms with Crippen molar-refractivity contribution in [2.45, 2.75) is 13.0 Å². The number of nitrogens with one attached hydrogen (secondary N) is 1. The van der Waals surface area contributed by atoms with E-state index in [-0.39, 0.29) is 0 Å². The first-order chi connectivity index (χ1) is 10.4. The van der Waals surface area contributed by atoms with Gasteiger partial charge in [0.25, 0.3) is 0 Å². The Labute approximate surface area is 121 Å². The Morgan fingerprint density at radius 3 is 3.10 bits per heavy atom. The Bertz CT molecular complexity index is 914. The molecule has 0 spiro atoms. The summed E-state index contributed by atoms with van der Waals surface area (Å²) in [6.45, 7) is 0.675. The summed E-state index contributed by atoms with van der Waals surface area (Å²) in [5, 5.41) is 5.66. The lowest BCUT2D eigenvalue weighted by atomic mass is 10.2. The summed E-state index contributed by atoms with van der Waals surface area (Å²) in [5.74, 6) is 0.920. The van der Waals surface area contributed by atoms with Crippen LogP contribution in [0.3, 0.4) is 0 Å². The van der Waals surface area contributed by atoms with Crippen LogP contribution in [0, 0.1) is 0 Å². The third-order valence-corrected chi connectivity index (χ3v) is 3.64. The van der Waals surface area contributed by atoms with Crippen molar-refractivity contribution in [2.24, 2.45) is 0 Å². The molecule has 21 heavy (non-hydrogen) atoms. The molecule has 0 saturated carbocycles. The van der Waals surface area contributed by atoms with E-state index in [4.69, 9.17) is 8.83 Å². The smallest absolute Gasteiger partial charge is 0.135 e. The highest BCUT2D eigenvalue weighted by molar-refractivity contribution is 5.83. The van der Waals surface area contributed by atoms with Gasteiger partial charge in [-0.3, -0.25) is 0 Å². The number of hydrogen-bond acceptors (Lipinski definition) is 3. The first-order valence-electron chi connectivity index (χ1n) is 7.06. The summed E-state index contributed by atoms with van der Waals surface area (Å²) in [5.41, 5.74) is 2.94. The lowest BCUT2D eigenvalue weighted by Gasteiger charge is -2.03. The van der Waals surface area contributed by atoms with Crippen molar-refractivity contribution in [3.8, 4) is 0 Å². The highest BCUT2D eigenvalue weighted by Crippen LogP contribution is 2.17. The number of furan rings is 2. The summed E-state index contributed by atoms with van der Waals surface area (Å²) in [4.78, 5) is 0. The van der Waals surface area contributed by atoms with Crippen LogP contribution in [0.2, 0.25) is 0 Å². The van der Waals surface area contributed by atoms with Crippen LogP contribution in [0.5, 0.6) is 0 Å². The van der Waals surface area contributed by atoms with E-state index in [1.54, 1.807) is 6.26 Å². The Hall–Kier alpha value is -2.68. The van der Waals surface area contributed by atoms with Gasteiger partial charge in [0, 0.05) is 16.3 Å². The van der Waals surface area contributed by atoms with Crippen molar-refractivity contribution in [3.63, 3.8) is 0 Å². The first kappa shape index (κ1) is 12.1. The van der Waals surface area contributed by atoms with Gasteiger partial charge in [0.2, 0.25) is 0 Å². The highest BCUT2D eigenvalue weighted by Gasteiger charge is 2.05. The number of fused-ring (bicyclic) bond motifs is 3. The van der Waals surface area contributed by atoms with Gasteiger partial charge in [0.1, 0.15) is 16.8 Å². The zero-order valence-corrected chi connectivity index (χ0v) is 11.5. The minimum atomic E-state index is 0.675. The van der Waals surface area contributed by atoms with Crippen LogP contribution in [0.15, 0.2) is 57.6 Å². The van der Waals surface area contributed by atoms with Crippen molar-refractivity contribution >= 4 is 28.8 Å². The zero-order valence-electron chi connectivity index (χ0n) is 11.5. The largest absolute Gasteiger partial charge is 0.467 e. The first-order valence-corrected chi connectivity index (χ1v) is 7.06. The Morgan fingerprint density at radius 1 is 1.19 bits per heavy atom. The van der Waals surface area contributed by atoms with E-state index < -0.39 is 0 Å². The molecular weight excluding hydrogens is 262 g/mol.